The molecule has 0 aromatic heterocycles. The van der Waals surface area contributed by atoms with E-state index in [1.165, 1.54) is 11.9 Å². The van der Waals surface area contributed by atoms with Crippen LogP contribution in [0.15, 0.2) is 18.2 Å². The van der Waals surface area contributed by atoms with Gasteiger partial charge in [-0.05, 0) is 30.7 Å². The molecule has 5 heteroatoms. The molecule has 0 atom stereocenters. The third kappa shape index (κ3) is 4.41. The monoisotopic (exact) mass is 274 g/mol. The van der Waals surface area contributed by atoms with Crippen molar-refractivity contribution in [1.29, 1.82) is 0 Å². The predicted molar refractivity (Wildman–Crippen MR) is 76.2 cm³/mol. The fourth-order valence-electron chi connectivity index (χ4n) is 1.71. The third-order valence-corrected chi connectivity index (χ3v) is 2.64. The Morgan fingerprint density at radius 2 is 2.05 bits per heavy atom. The maximum absolute atomic E-state index is 12.2. The SMILES string of the molecule is CNC(=O)CN(C)C(=O)c1cc(C)cc(C#CCO)c1. The zero-order chi connectivity index (χ0) is 15.1. The van der Waals surface area contributed by atoms with Crippen molar-refractivity contribution in [2.75, 3.05) is 27.2 Å². The number of likely N-dealkylation sites (N-methyl/N-ethyl adjacent to an activating group) is 2. The summed E-state index contributed by atoms with van der Waals surface area (Å²) in [7, 11) is 3.09. The van der Waals surface area contributed by atoms with Crippen LogP contribution < -0.4 is 5.32 Å². The average Bonchev–Trinajstić information content (AvgIpc) is 2.43. The molecule has 0 radical (unpaired) electrons. The molecule has 0 heterocycles. The first-order chi connectivity index (χ1) is 9.47. The number of rotatable bonds is 3. The van der Waals surface area contributed by atoms with Crippen molar-refractivity contribution in [2.24, 2.45) is 0 Å². The van der Waals surface area contributed by atoms with E-state index >= 15 is 0 Å². The lowest BCUT2D eigenvalue weighted by molar-refractivity contribution is -0.121. The van der Waals surface area contributed by atoms with Gasteiger partial charge in [0, 0.05) is 25.2 Å². The van der Waals surface area contributed by atoms with E-state index in [1.807, 2.05) is 13.0 Å². The molecule has 1 rings (SSSR count). The van der Waals surface area contributed by atoms with Gasteiger partial charge in [-0.25, -0.2) is 0 Å². The molecule has 0 aliphatic rings. The summed E-state index contributed by atoms with van der Waals surface area (Å²) in [6, 6.07) is 5.23. The summed E-state index contributed by atoms with van der Waals surface area (Å²) >= 11 is 0. The van der Waals surface area contributed by atoms with Crippen LogP contribution in [0.2, 0.25) is 0 Å². The number of aliphatic hydroxyl groups excluding tert-OH is 1. The Morgan fingerprint density at radius 1 is 1.35 bits per heavy atom. The quantitative estimate of drug-likeness (QED) is 0.771. The van der Waals surface area contributed by atoms with E-state index in [1.54, 1.807) is 19.2 Å². The predicted octanol–water partition coefficient (Wildman–Crippen LogP) is 0.157. The highest BCUT2D eigenvalue weighted by Crippen LogP contribution is 2.11. The number of hydrogen-bond acceptors (Lipinski definition) is 3. The lowest BCUT2D eigenvalue weighted by atomic mass is 10.1. The lowest BCUT2D eigenvalue weighted by Crippen LogP contribution is -2.36. The summed E-state index contributed by atoms with van der Waals surface area (Å²) in [6.07, 6.45) is 0. The van der Waals surface area contributed by atoms with Gasteiger partial charge in [-0.15, -0.1) is 0 Å². The Hall–Kier alpha value is -2.32. The van der Waals surface area contributed by atoms with Gasteiger partial charge in [0.25, 0.3) is 5.91 Å². The zero-order valence-electron chi connectivity index (χ0n) is 11.9. The smallest absolute Gasteiger partial charge is 0.254 e. The summed E-state index contributed by atoms with van der Waals surface area (Å²) in [5.41, 5.74) is 2.03. The molecule has 0 fully saturated rings. The molecule has 2 amide bonds. The van der Waals surface area contributed by atoms with Gasteiger partial charge in [-0.3, -0.25) is 9.59 Å². The van der Waals surface area contributed by atoms with Gasteiger partial charge < -0.3 is 15.3 Å². The summed E-state index contributed by atoms with van der Waals surface area (Å²) in [4.78, 5) is 24.8. The number of aliphatic hydroxyl groups is 1. The Kier molecular flexibility index (Phi) is 5.75. The fraction of sp³-hybridized carbons (Fsp3) is 0.333. The van der Waals surface area contributed by atoms with E-state index in [4.69, 9.17) is 5.11 Å². The van der Waals surface area contributed by atoms with Crippen LogP contribution in [0.4, 0.5) is 0 Å². The third-order valence-electron chi connectivity index (χ3n) is 2.64. The molecule has 0 unspecified atom stereocenters. The second-order valence-electron chi connectivity index (χ2n) is 4.38. The fourth-order valence-corrected chi connectivity index (χ4v) is 1.71. The molecule has 0 bridgehead atoms. The van der Waals surface area contributed by atoms with Gasteiger partial charge in [0.1, 0.15) is 6.61 Å². The normalized spacial score (nSPS) is 9.40. The van der Waals surface area contributed by atoms with E-state index in [0.717, 1.165) is 5.56 Å². The molecule has 106 valence electrons. The van der Waals surface area contributed by atoms with Crippen molar-refractivity contribution in [3.05, 3.63) is 34.9 Å². The van der Waals surface area contributed by atoms with Gasteiger partial charge in [0.05, 0.1) is 6.54 Å². The minimum atomic E-state index is -0.246. The number of nitrogens with zero attached hydrogens (tertiary/aromatic N) is 1. The van der Waals surface area contributed by atoms with Crippen LogP contribution in [0, 0.1) is 18.8 Å². The van der Waals surface area contributed by atoms with E-state index < -0.39 is 0 Å². The van der Waals surface area contributed by atoms with Gasteiger partial charge in [0.2, 0.25) is 5.91 Å². The van der Waals surface area contributed by atoms with Gasteiger partial charge in [-0.2, -0.15) is 0 Å². The molecular weight excluding hydrogens is 256 g/mol. The van der Waals surface area contributed by atoms with E-state index in [2.05, 4.69) is 17.2 Å². The summed E-state index contributed by atoms with van der Waals surface area (Å²) in [5.74, 6) is 4.84. The average molecular weight is 274 g/mol. The summed E-state index contributed by atoms with van der Waals surface area (Å²) < 4.78 is 0. The van der Waals surface area contributed by atoms with Gasteiger partial charge in [0.15, 0.2) is 0 Å². The van der Waals surface area contributed by atoms with Crippen LogP contribution in [-0.2, 0) is 4.79 Å². The lowest BCUT2D eigenvalue weighted by Gasteiger charge is -2.16. The second kappa shape index (κ2) is 7.31. The largest absolute Gasteiger partial charge is 0.384 e. The second-order valence-corrected chi connectivity index (χ2v) is 4.38. The van der Waals surface area contributed by atoms with Crippen molar-refractivity contribution < 1.29 is 14.7 Å². The number of nitrogens with one attached hydrogen (secondary N) is 1. The molecule has 0 aliphatic carbocycles. The van der Waals surface area contributed by atoms with Crippen LogP contribution >= 0.6 is 0 Å². The molecule has 0 saturated carbocycles. The van der Waals surface area contributed by atoms with Crippen molar-refractivity contribution in [1.82, 2.24) is 10.2 Å². The van der Waals surface area contributed by atoms with Crippen molar-refractivity contribution in [3.8, 4) is 11.8 Å². The van der Waals surface area contributed by atoms with Crippen molar-refractivity contribution >= 4 is 11.8 Å². The number of aryl methyl sites for hydroxylation is 1. The summed E-state index contributed by atoms with van der Waals surface area (Å²) in [6.45, 7) is 1.63. The first-order valence-corrected chi connectivity index (χ1v) is 6.15. The topological polar surface area (TPSA) is 69.6 Å². The minimum Gasteiger partial charge on any atom is -0.384 e. The Labute approximate surface area is 118 Å². The standard InChI is InChI=1S/C15H18N2O3/c1-11-7-12(5-4-6-18)9-13(8-11)15(20)17(3)10-14(19)16-2/h7-9,18H,6,10H2,1-3H3,(H,16,19). The van der Waals surface area contributed by atoms with Gasteiger partial charge >= 0.3 is 0 Å². The number of benzene rings is 1. The molecular formula is C15H18N2O3. The zero-order valence-corrected chi connectivity index (χ0v) is 11.9. The van der Waals surface area contributed by atoms with Crippen LogP contribution in [-0.4, -0.2) is 49.1 Å². The molecule has 0 spiro atoms. The Bertz CT molecular complexity index is 570. The highest BCUT2D eigenvalue weighted by atomic mass is 16.2. The molecule has 0 aliphatic heterocycles. The maximum Gasteiger partial charge on any atom is 0.254 e. The molecule has 2 N–H and O–H groups in total. The van der Waals surface area contributed by atoms with Crippen molar-refractivity contribution in [2.45, 2.75) is 6.92 Å². The van der Waals surface area contributed by atoms with Crippen LogP contribution in [0.3, 0.4) is 0 Å². The molecule has 5 nitrogen and oxygen atoms in total. The van der Waals surface area contributed by atoms with Crippen LogP contribution in [0.25, 0.3) is 0 Å². The van der Waals surface area contributed by atoms with E-state index in [9.17, 15) is 9.59 Å². The number of carbonyl (C=O) groups is 2. The molecule has 0 saturated heterocycles. The highest BCUT2D eigenvalue weighted by Gasteiger charge is 2.15. The van der Waals surface area contributed by atoms with E-state index in [-0.39, 0.29) is 25.0 Å². The first-order valence-electron chi connectivity index (χ1n) is 6.15. The summed E-state index contributed by atoms with van der Waals surface area (Å²) in [5, 5.41) is 11.2. The molecule has 1 aromatic rings. The minimum absolute atomic E-state index is 0.000920. The number of carbonyl (C=O) groups excluding carboxylic acids is 2. The maximum atomic E-state index is 12.2. The Balaban J connectivity index is 2.97. The first kappa shape index (κ1) is 15.7. The van der Waals surface area contributed by atoms with Crippen LogP contribution in [0.5, 0.6) is 0 Å². The van der Waals surface area contributed by atoms with Gasteiger partial charge in [-0.1, -0.05) is 11.8 Å². The van der Waals surface area contributed by atoms with Crippen molar-refractivity contribution in [3.63, 3.8) is 0 Å². The number of hydrogen-bond donors (Lipinski definition) is 2. The Morgan fingerprint density at radius 3 is 2.65 bits per heavy atom. The molecule has 1 aromatic carbocycles. The van der Waals surface area contributed by atoms with E-state index in [0.29, 0.717) is 11.1 Å². The number of amides is 2. The van der Waals surface area contributed by atoms with Crippen LogP contribution in [0.1, 0.15) is 21.5 Å². The highest BCUT2D eigenvalue weighted by molar-refractivity contribution is 5.96. The molecule has 20 heavy (non-hydrogen) atoms.